The van der Waals surface area contributed by atoms with Gasteiger partial charge in [0.2, 0.25) is 0 Å². The van der Waals surface area contributed by atoms with Crippen molar-refractivity contribution in [2.75, 3.05) is 23.9 Å². The topological polar surface area (TPSA) is 116 Å². The molecule has 0 bridgehead atoms. The molecule has 0 saturated carbocycles. The van der Waals surface area contributed by atoms with E-state index in [1.165, 1.54) is 44.3 Å². The summed E-state index contributed by atoms with van der Waals surface area (Å²) in [4.78, 5) is 30.5. The molecule has 10 rings (SSSR count). The number of rotatable bonds is 10. The first-order chi connectivity index (χ1) is 38.9. The van der Waals surface area contributed by atoms with Crippen LogP contribution in [-0.2, 0) is 91.8 Å². The Kier molecular flexibility index (Phi) is 32.4. The van der Waals surface area contributed by atoms with Crippen LogP contribution in [0.3, 0.4) is 0 Å². The van der Waals surface area contributed by atoms with Gasteiger partial charge in [0.25, 0.3) is 0 Å². The molecule has 448 valence electrons. The van der Waals surface area contributed by atoms with E-state index in [0.717, 1.165) is 76.0 Å². The average Bonchev–Trinajstić information content (AvgIpc) is 3.63. The summed E-state index contributed by atoms with van der Waals surface area (Å²) in [5.41, 5.74) is 8.58. The first-order valence-corrected chi connectivity index (χ1v) is 24.5. The normalized spacial score (nSPS) is 10.0. The molecule has 0 saturated heterocycles. The van der Waals surface area contributed by atoms with Crippen molar-refractivity contribution in [1.82, 2.24) is 19.9 Å². The molecule has 85 heavy (non-hydrogen) atoms. The number of nitrogens with zero attached hydrogens (tertiary/aromatic N) is 6. The van der Waals surface area contributed by atoms with E-state index < -0.39 is 34.9 Å². The third-order valence-electron chi connectivity index (χ3n) is 11.0. The van der Waals surface area contributed by atoms with Crippen molar-refractivity contribution in [2.24, 2.45) is 0 Å². The maximum absolute atomic E-state index is 14.2. The summed E-state index contributed by atoms with van der Waals surface area (Å²) in [6, 6.07) is 54.5. The predicted octanol–water partition coefficient (Wildman–Crippen LogP) is 15.5. The van der Waals surface area contributed by atoms with E-state index in [2.05, 4.69) is 44.2 Å². The molecule has 0 spiro atoms. The Balaban J connectivity index is 0.000000377. The van der Waals surface area contributed by atoms with Gasteiger partial charge in [-0.3, -0.25) is 35.5 Å². The quantitative estimate of drug-likeness (QED) is 0.0598. The number of hydrogen-bond donors (Lipinski definition) is 2. The third kappa shape index (κ3) is 23.3. The van der Waals surface area contributed by atoms with Crippen LogP contribution < -0.4 is 9.80 Å². The number of benzene rings is 6. The summed E-state index contributed by atoms with van der Waals surface area (Å²) in [6.45, 7) is 4.58. The number of aromatic nitrogens is 4. The fraction of sp³-hybridized carbons (Fsp3) is 0.0923. The molecule has 6 aromatic carbocycles. The number of anilines is 4. The second kappa shape index (κ2) is 37.3. The molecule has 0 unspecified atom stereocenters. The fourth-order valence-corrected chi connectivity index (χ4v) is 7.31. The zero-order valence-electron chi connectivity index (χ0n) is 45.6. The summed E-state index contributed by atoms with van der Waals surface area (Å²) in [7, 11) is 3.93. The van der Waals surface area contributed by atoms with Crippen molar-refractivity contribution in [3.63, 3.8) is 0 Å². The van der Waals surface area contributed by atoms with Gasteiger partial charge in [0.1, 0.15) is 0 Å². The number of pyridine rings is 4. The SMILES string of the molecule is CC(=O)C=C(C)O.CN(C)c1ccnc(-c2[c-]cc(F)cc2)c1.Cc1ccnc(-c2[c-]cc(F)cc2F)c1.Fc1c[c-]c(-c2cc(N(c3ccccc3)c3ccccc3)ccn2)c(F)c1.OCc1ccnc(-c2[c-]cc(F)cc2F)c1.[Ir].[Ir].[Ir].[Ir]. The number of para-hydroxylation sites is 2. The Labute approximate surface area is 543 Å². The smallest absolute Gasteiger partial charge is 0.155 e. The van der Waals surface area contributed by atoms with Crippen molar-refractivity contribution in [3.05, 3.63) is 277 Å². The molecule has 0 atom stereocenters. The van der Waals surface area contributed by atoms with Gasteiger partial charge in [-0.25, -0.2) is 0 Å². The van der Waals surface area contributed by atoms with Crippen molar-refractivity contribution < 1.29 is 126 Å². The van der Waals surface area contributed by atoms with Gasteiger partial charge in [-0.1, -0.05) is 101 Å². The largest absolute Gasteiger partial charge is 0.512 e. The second-order valence-corrected chi connectivity index (χ2v) is 17.6. The number of allylic oxidation sites excluding steroid dienone is 2. The van der Waals surface area contributed by atoms with Crippen LogP contribution in [0, 0.1) is 71.9 Å². The molecule has 0 amide bonds. The number of aryl methyl sites for hydroxylation is 1. The zero-order valence-corrected chi connectivity index (χ0v) is 55.2. The number of aliphatic hydroxyl groups excluding tert-OH is 2. The van der Waals surface area contributed by atoms with Crippen LogP contribution in [0.2, 0.25) is 0 Å². The van der Waals surface area contributed by atoms with Crippen LogP contribution in [0.25, 0.3) is 45.0 Å². The van der Waals surface area contributed by atoms with Crippen LogP contribution in [0.5, 0.6) is 0 Å². The third-order valence-corrected chi connectivity index (χ3v) is 11.0. The molecule has 0 fully saturated rings. The van der Waals surface area contributed by atoms with Crippen LogP contribution in [0.4, 0.5) is 53.5 Å². The van der Waals surface area contributed by atoms with Gasteiger partial charge in [0.15, 0.2) is 5.78 Å². The van der Waals surface area contributed by atoms with Crippen molar-refractivity contribution in [1.29, 1.82) is 0 Å². The summed E-state index contributed by atoms with van der Waals surface area (Å²) < 4.78 is 92.2. The summed E-state index contributed by atoms with van der Waals surface area (Å²) in [5.74, 6) is -4.38. The minimum absolute atomic E-state index is 0. The number of halogens is 7. The summed E-state index contributed by atoms with van der Waals surface area (Å²) in [6.07, 6.45) is 7.56. The van der Waals surface area contributed by atoms with E-state index in [-0.39, 0.29) is 121 Å². The molecular formula is C65H51F7Ir4N6O3-4. The number of aliphatic hydroxyl groups is 2. The van der Waals surface area contributed by atoms with Gasteiger partial charge in [-0.15, -0.1) is 66.2 Å². The molecule has 2 N–H and O–H groups in total. The average molecular weight is 1870 g/mol. The monoisotopic (exact) mass is 1870 g/mol. The molecule has 4 aromatic heterocycles. The van der Waals surface area contributed by atoms with Gasteiger partial charge in [0, 0.05) is 189 Å². The minimum atomic E-state index is -0.720. The van der Waals surface area contributed by atoms with E-state index >= 15 is 0 Å². The molecule has 0 aliphatic carbocycles. The molecular weight excluding hydrogens is 1810 g/mol. The van der Waals surface area contributed by atoms with Crippen molar-refractivity contribution in [3.8, 4) is 45.0 Å². The predicted molar refractivity (Wildman–Crippen MR) is 300 cm³/mol. The van der Waals surface area contributed by atoms with Gasteiger partial charge in [0.05, 0.1) is 12.4 Å². The summed E-state index contributed by atoms with van der Waals surface area (Å²) in [5, 5.41) is 17.3. The first-order valence-electron chi connectivity index (χ1n) is 24.5. The van der Waals surface area contributed by atoms with Gasteiger partial charge >= 0.3 is 0 Å². The number of ketones is 1. The zero-order chi connectivity index (χ0) is 58.4. The molecule has 0 aliphatic rings. The van der Waals surface area contributed by atoms with Crippen LogP contribution in [0.1, 0.15) is 25.0 Å². The number of hydrogen-bond acceptors (Lipinski definition) is 9. The molecule has 10 aromatic rings. The molecule has 4 heterocycles. The van der Waals surface area contributed by atoms with Gasteiger partial charge in [-0.2, -0.15) is 0 Å². The number of carbonyl (C=O) groups is 1. The maximum atomic E-state index is 14.2. The van der Waals surface area contributed by atoms with E-state index in [0.29, 0.717) is 22.6 Å². The minimum Gasteiger partial charge on any atom is -0.512 e. The Morgan fingerprint density at radius 2 is 0.894 bits per heavy atom. The maximum Gasteiger partial charge on any atom is 0.155 e. The van der Waals surface area contributed by atoms with E-state index in [1.807, 2.05) is 116 Å². The van der Waals surface area contributed by atoms with Crippen LogP contribution in [0.15, 0.2) is 200 Å². The van der Waals surface area contributed by atoms with Crippen molar-refractivity contribution >= 4 is 28.5 Å². The van der Waals surface area contributed by atoms with E-state index in [9.17, 15) is 35.5 Å². The Morgan fingerprint density at radius 3 is 1.29 bits per heavy atom. The van der Waals surface area contributed by atoms with Crippen LogP contribution >= 0.6 is 0 Å². The Bertz CT molecular complexity index is 3660. The molecule has 4 radical (unpaired) electrons. The standard InChI is InChI=1S/C23H15F2N2.C13H12FN2.C12H8F2NO.C12H8F2N.C5H8O2.4Ir/c24-17-11-12-21(22(25)15-17)23-16-20(13-14-26-23)27(18-7-3-1-4-8-18)19-9-5-2-6-10-19;1-16(2)12-7-8-15-13(9-12)10-3-5-11(14)6-4-10;13-9-1-2-10(11(14)6-9)12-5-8(7-16)3-4-15-12;1-8-4-5-15-12(6-8)10-3-2-9(13)7-11(10)14;1-4(6)3-5(2)7;;;;/h1-11,13-16H;3,5-9H,1-2H3;1,3-6,16H,7H2;2,4-7H,1H3;3,6H,1-2H3;;;;/q4*-1;;;;;. The Morgan fingerprint density at radius 1 is 0.482 bits per heavy atom. The molecule has 9 nitrogen and oxygen atoms in total. The second-order valence-electron chi connectivity index (χ2n) is 17.6. The van der Waals surface area contributed by atoms with Crippen molar-refractivity contribution in [2.45, 2.75) is 27.4 Å². The van der Waals surface area contributed by atoms with Gasteiger partial charge < -0.3 is 39.9 Å². The molecule has 20 heteroatoms. The van der Waals surface area contributed by atoms with Crippen LogP contribution in [-0.4, -0.2) is 50.0 Å². The van der Waals surface area contributed by atoms with Gasteiger partial charge in [-0.05, 0) is 97.6 Å². The Hall–Kier alpha value is -7.20. The molecule has 0 aliphatic heterocycles. The summed E-state index contributed by atoms with van der Waals surface area (Å²) >= 11 is 0. The van der Waals surface area contributed by atoms with E-state index in [4.69, 9.17) is 10.2 Å². The van der Waals surface area contributed by atoms with E-state index in [1.54, 1.807) is 42.9 Å². The number of carbonyl (C=O) groups excluding carboxylic acids is 1. The fourth-order valence-electron chi connectivity index (χ4n) is 7.31. The first kappa shape index (κ1) is 73.9.